The minimum Gasteiger partial charge on any atom is -0.339 e. The Morgan fingerprint density at radius 2 is 2.04 bits per heavy atom. The highest BCUT2D eigenvalue weighted by atomic mass is 16.5. The molecule has 28 heavy (non-hydrogen) atoms. The van der Waals surface area contributed by atoms with Crippen molar-refractivity contribution in [2.75, 3.05) is 11.9 Å². The van der Waals surface area contributed by atoms with E-state index in [1.165, 1.54) is 0 Å². The number of amides is 2. The van der Waals surface area contributed by atoms with Crippen LogP contribution in [0, 0.1) is 12.8 Å². The monoisotopic (exact) mass is 382 g/mol. The van der Waals surface area contributed by atoms with Gasteiger partial charge in [-0.2, -0.15) is 10.1 Å². The summed E-state index contributed by atoms with van der Waals surface area (Å²) in [6.45, 7) is 7.27. The zero-order chi connectivity index (χ0) is 19.9. The molecule has 3 aromatic rings. The first-order valence-corrected chi connectivity index (χ1v) is 9.44. The zero-order valence-electron chi connectivity index (χ0n) is 16.5. The quantitative estimate of drug-likeness (QED) is 0.623. The van der Waals surface area contributed by atoms with E-state index in [-0.39, 0.29) is 6.03 Å². The third-order valence-electron chi connectivity index (χ3n) is 4.02. The van der Waals surface area contributed by atoms with Gasteiger partial charge in [-0.3, -0.25) is 5.32 Å². The number of nitrogens with zero attached hydrogens (tertiary/aromatic N) is 4. The largest absolute Gasteiger partial charge is 0.339 e. The van der Waals surface area contributed by atoms with Gasteiger partial charge < -0.3 is 9.84 Å². The van der Waals surface area contributed by atoms with Gasteiger partial charge >= 0.3 is 6.03 Å². The molecule has 3 rings (SSSR count). The first-order valence-electron chi connectivity index (χ1n) is 9.44. The van der Waals surface area contributed by atoms with Crippen LogP contribution in [-0.4, -0.2) is 32.5 Å². The molecule has 8 nitrogen and oxygen atoms in total. The van der Waals surface area contributed by atoms with Gasteiger partial charge in [-0.15, -0.1) is 0 Å². The Hall–Kier alpha value is -3.16. The van der Waals surface area contributed by atoms with E-state index in [9.17, 15) is 4.79 Å². The van der Waals surface area contributed by atoms with Crippen molar-refractivity contribution < 1.29 is 9.32 Å². The molecule has 2 amide bonds. The maximum absolute atomic E-state index is 12.2. The molecule has 0 aliphatic rings. The predicted molar refractivity (Wildman–Crippen MR) is 106 cm³/mol. The summed E-state index contributed by atoms with van der Waals surface area (Å²) < 4.78 is 7.07. The molecular formula is C20H26N6O2. The predicted octanol–water partition coefficient (Wildman–Crippen LogP) is 3.19. The molecule has 148 valence electrons. The van der Waals surface area contributed by atoms with Crippen LogP contribution in [0.15, 0.2) is 40.9 Å². The molecule has 0 saturated carbocycles. The number of aryl methyl sites for hydroxylation is 1. The standard InChI is InChI=1S/C20H26N6O2/c1-14(2)13-26-18(11-15(3)24-26)23-20(27)21-10-9-19-22-17(25-28-19)12-16-7-5-4-6-8-16/h4-8,11,14H,9-10,12-13H2,1-3H3,(H2,21,23,27). The maximum Gasteiger partial charge on any atom is 0.320 e. The summed E-state index contributed by atoms with van der Waals surface area (Å²) in [4.78, 5) is 16.5. The molecule has 2 N–H and O–H groups in total. The summed E-state index contributed by atoms with van der Waals surface area (Å²) in [5, 5.41) is 14.1. The van der Waals surface area contributed by atoms with Gasteiger partial charge in [0.1, 0.15) is 5.82 Å². The second-order valence-electron chi connectivity index (χ2n) is 7.14. The van der Waals surface area contributed by atoms with Crippen LogP contribution in [0.25, 0.3) is 0 Å². The first-order chi connectivity index (χ1) is 13.5. The minimum atomic E-state index is -0.283. The topological polar surface area (TPSA) is 97.9 Å². The Morgan fingerprint density at radius 3 is 2.79 bits per heavy atom. The van der Waals surface area contributed by atoms with Crippen LogP contribution in [0.2, 0.25) is 0 Å². The van der Waals surface area contributed by atoms with Crippen molar-refractivity contribution in [3.05, 3.63) is 59.4 Å². The fourth-order valence-corrected chi connectivity index (χ4v) is 2.82. The third-order valence-corrected chi connectivity index (χ3v) is 4.02. The smallest absolute Gasteiger partial charge is 0.320 e. The van der Waals surface area contributed by atoms with Crippen molar-refractivity contribution in [1.82, 2.24) is 25.2 Å². The van der Waals surface area contributed by atoms with Crippen molar-refractivity contribution in [3.8, 4) is 0 Å². The van der Waals surface area contributed by atoms with Crippen LogP contribution in [0.1, 0.15) is 36.8 Å². The zero-order valence-corrected chi connectivity index (χ0v) is 16.5. The van der Waals surface area contributed by atoms with E-state index in [2.05, 4.69) is 39.7 Å². The van der Waals surface area contributed by atoms with Gasteiger partial charge in [-0.05, 0) is 18.4 Å². The van der Waals surface area contributed by atoms with E-state index < -0.39 is 0 Å². The van der Waals surface area contributed by atoms with E-state index in [0.29, 0.717) is 42.8 Å². The second-order valence-corrected chi connectivity index (χ2v) is 7.14. The number of hydrogen-bond donors (Lipinski definition) is 2. The van der Waals surface area contributed by atoms with Gasteiger partial charge in [0.15, 0.2) is 5.82 Å². The maximum atomic E-state index is 12.2. The number of nitrogens with one attached hydrogen (secondary N) is 2. The summed E-state index contributed by atoms with van der Waals surface area (Å²) in [6.07, 6.45) is 1.09. The van der Waals surface area contributed by atoms with E-state index in [1.807, 2.05) is 48.0 Å². The molecule has 2 aromatic heterocycles. The number of benzene rings is 1. The Kier molecular flexibility index (Phi) is 6.41. The van der Waals surface area contributed by atoms with Crippen molar-refractivity contribution >= 4 is 11.8 Å². The number of hydrogen-bond acceptors (Lipinski definition) is 5. The lowest BCUT2D eigenvalue weighted by Gasteiger charge is -2.11. The number of carbonyl (C=O) groups is 1. The molecule has 0 spiro atoms. The normalized spacial score (nSPS) is 11.0. The summed E-state index contributed by atoms with van der Waals surface area (Å²) in [5.74, 6) is 2.27. The lowest BCUT2D eigenvalue weighted by atomic mass is 10.1. The molecule has 0 fully saturated rings. The molecular weight excluding hydrogens is 356 g/mol. The fourth-order valence-electron chi connectivity index (χ4n) is 2.82. The Balaban J connectivity index is 1.46. The van der Waals surface area contributed by atoms with Crippen LogP contribution in [0.4, 0.5) is 10.6 Å². The third kappa shape index (κ3) is 5.67. The second kappa shape index (κ2) is 9.16. The number of anilines is 1. The Labute approximate surface area is 164 Å². The van der Waals surface area contributed by atoms with Crippen LogP contribution in [0.3, 0.4) is 0 Å². The highest BCUT2D eigenvalue weighted by Gasteiger charge is 2.11. The van der Waals surface area contributed by atoms with Gasteiger partial charge in [0.25, 0.3) is 0 Å². The lowest BCUT2D eigenvalue weighted by molar-refractivity contribution is 0.251. The van der Waals surface area contributed by atoms with Crippen molar-refractivity contribution in [1.29, 1.82) is 0 Å². The molecule has 0 aliphatic heterocycles. The number of aromatic nitrogens is 4. The van der Waals surface area contributed by atoms with Gasteiger partial charge in [-0.25, -0.2) is 9.48 Å². The van der Waals surface area contributed by atoms with Gasteiger partial charge in [0.2, 0.25) is 5.89 Å². The van der Waals surface area contributed by atoms with Crippen LogP contribution in [-0.2, 0) is 19.4 Å². The average Bonchev–Trinajstić information content (AvgIpc) is 3.21. The highest BCUT2D eigenvalue weighted by molar-refractivity contribution is 5.88. The molecule has 2 heterocycles. The number of rotatable bonds is 8. The van der Waals surface area contributed by atoms with E-state index >= 15 is 0 Å². The Morgan fingerprint density at radius 1 is 1.25 bits per heavy atom. The average molecular weight is 382 g/mol. The summed E-state index contributed by atoms with van der Waals surface area (Å²) in [5.41, 5.74) is 1.99. The Bertz CT molecular complexity index is 901. The molecule has 0 unspecified atom stereocenters. The molecule has 0 aliphatic carbocycles. The van der Waals surface area contributed by atoms with Gasteiger partial charge in [0, 0.05) is 32.0 Å². The van der Waals surface area contributed by atoms with Crippen molar-refractivity contribution in [2.24, 2.45) is 5.92 Å². The minimum absolute atomic E-state index is 0.283. The van der Waals surface area contributed by atoms with Crippen LogP contribution in [0.5, 0.6) is 0 Å². The SMILES string of the molecule is Cc1cc(NC(=O)NCCc2nc(Cc3ccccc3)no2)n(CC(C)C)n1. The van der Waals surface area contributed by atoms with Crippen molar-refractivity contribution in [2.45, 2.75) is 40.2 Å². The van der Waals surface area contributed by atoms with Crippen LogP contribution < -0.4 is 10.6 Å². The van der Waals surface area contributed by atoms with E-state index in [0.717, 1.165) is 17.8 Å². The summed E-state index contributed by atoms with van der Waals surface area (Å²) in [6, 6.07) is 11.5. The lowest BCUT2D eigenvalue weighted by Crippen LogP contribution is -2.31. The van der Waals surface area contributed by atoms with E-state index in [1.54, 1.807) is 0 Å². The molecule has 0 saturated heterocycles. The number of carbonyl (C=O) groups excluding carboxylic acids is 1. The molecule has 0 bridgehead atoms. The van der Waals surface area contributed by atoms with Crippen molar-refractivity contribution in [3.63, 3.8) is 0 Å². The first kappa shape index (κ1) is 19.6. The molecule has 0 radical (unpaired) electrons. The molecule has 1 aromatic carbocycles. The van der Waals surface area contributed by atoms with Gasteiger partial charge in [-0.1, -0.05) is 49.3 Å². The fraction of sp³-hybridized carbons (Fsp3) is 0.400. The molecule has 8 heteroatoms. The van der Waals surface area contributed by atoms with E-state index in [4.69, 9.17) is 4.52 Å². The van der Waals surface area contributed by atoms with Crippen LogP contribution >= 0.6 is 0 Å². The van der Waals surface area contributed by atoms with Gasteiger partial charge in [0.05, 0.1) is 5.69 Å². The summed E-state index contributed by atoms with van der Waals surface area (Å²) >= 11 is 0. The summed E-state index contributed by atoms with van der Waals surface area (Å²) in [7, 11) is 0. The molecule has 0 atom stereocenters. The highest BCUT2D eigenvalue weighted by Crippen LogP contribution is 2.12. The number of urea groups is 1.